The maximum absolute atomic E-state index is 13.9. The minimum Gasteiger partial charge on any atom is -0.166 e. The van der Waals surface area contributed by atoms with Crippen molar-refractivity contribution in [1.82, 2.24) is 0 Å². The Morgan fingerprint density at radius 3 is 0.920 bits per heavy atom. The minimum absolute atomic E-state index is 0.0104. The standard InChI is InChI=1S/C38H20F12/c1-19-31(23-11-25(35(39,40)41)17-26(12-23)36(42,43)44)15-21-7-3-5-9-29(21)33(19)34-20(2)32(16-22-8-4-6-10-30(22)34)24-13-27(37(45,46)47)18-28(14-24)38(48,49)50/h3-18H,1-2H2. The van der Waals surface area contributed by atoms with Crippen LogP contribution in [0.3, 0.4) is 0 Å². The van der Waals surface area contributed by atoms with E-state index in [-0.39, 0.29) is 44.1 Å². The average molecular weight is 705 g/mol. The molecule has 6 aromatic rings. The van der Waals surface area contributed by atoms with E-state index < -0.39 is 58.1 Å². The molecule has 0 bridgehead atoms. The number of rotatable bonds is 2. The van der Waals surface area contributed by atoms with Gasteiger partial charge in [-0.25, -0.2) is 0 Å². The summed E-state index contributed by atoms with van der Waals surface area (Å²) in [5.41, 5.74) is -7.44. The van der Waals surface area contributed by atoms with E-state index in [0.717, 1.165) is 0 Å². The molecule has 0 heterocycles. The highest BCUT2D eigenvalue weighted by Gasteiger charge is 2.38. The molecule has 0 unspecified atom stereocenters. The molecule has 0 N–H and O–H groups in total. The zero-order chi connectivity index (χ0) is 36.6. The molecule has 12 heteroatoms. The fourth-order valence-corrected chi connectivity index (χ4v) is 6.09. The lowest BCUT2D eigenvalue weighted by atomic mass is 9.90. The molecular weight excluding hydrogens is 684 g/mol. The van der Waals surface area contributed by atoms with Gasteiger partial charge in [0.15, 0.2) is 0 Å². The largest absolute Gasteiger partial charge is 0.416 e. The average Bonchev–Trinajstić information content (AvgIpc) is 3.03. The lowest BCUT2D eigenvalue weighted by Crippen LogP contribution is -2.16. The van der Waals surface area contributed by atoms with E-state index >= 15 is 0 Å². The third-order valence-corrected chi connectivity index (χ3v) is 8.36. The molecule has 256 valence electrons. The topological polar surface area (TPSA) is 0 Å². The van der Waals surface area contributed by atoms with E-state index in [4.69, 9.17) is 0 Å². The lowest BCUT2D eigenvalue weighted by molar-refractivity contribution is -0.144. The van der Waals surface area contributed by atoms with Crippen LogP contribution in [0, 0.1) is 10.4 Å². The van der Waals surface area contributed by atoms with Crippen molar-refractivity contribution in [3.8, 4) is 22.3 Å². The fraction of sp³-hybridized carbons (Fsp3) is 0.105. The first-order chi connectivity index (χ1) is 23.1. The molecule has 0 atom stereocenters. The third-order valence-electron chi connectivity index (χ3n) is 8.36. The molecule has 0 fully saturated rings. The Morgan fingerprint density at radius 1 is 0.360 bits per heavy atom. The van der Waals surface area contributed by atoms with Crippen LogP contribution in [0.1, 0.15) is 22.3 Å². The Balaban J connectivity index is 1.85. The normalized spacial score (nSPS) is 13.7. The van der Waals surface area contributed by atoms with Gasteiger partial charge in [-0.1, -0.05) is 61.7 Å². The number of hydrogen-bond acceptors (Lipinski definition) is 0. The molecule has 0 radical (unpaired) electrons. The predicted molar refractivity (Wildman–Crippen MR) is 167 cm³/mol. The maximum atomic E-state index is 13.9. The van der Waals surface area contributed by atoms with Gasteiger partial charge < -0.3 is 0 Å². The van der Waals surface area contributed by atoms with Gasteiger partial charge in [-0.2, -0.15) is 52.7 Å². The summed E-state index contributed by atoms with van der Waals surface area (Å²) in [5, 5.41) is 1.72. The Bertz CT molecular complexity index is 2280. The lowest BCUT2D eigenvalue weighted by Gasteiger charge is -2.17. The molecule has 0 nitrogen and oxygen atoms in total. The second-order valence-electron chi connectivity index (χ2n) is 11.6. The number of fused-ring (bicyclic) bond motifs is 2. The maximum Gasteiger partial charge on any atom is 0.416 e. The SMILES string of the molecule is C=c1c(-c2cc(C(F)(F)F)cc(C(F)(F)F)c2)cc2ccccc2c1=c1c(=C)c(-c2cc(C(F)(F)F)cc(C(F)(F)F)c2)cc2ccccc12. The summed E-state index contributed by atoms with van der Waals surface area (Å²) in [6.45, 7) is 8.12. The van der Waals surface area contributed by atoms with Gasteiger partial charge in [-0.05, 0) is 113 Å². The smallest absolute Gasteiger partial charge is 0.166 e. The first-order valence-electron chi connectivity index (χ1n) is 14.5. The third kappa shape index (κ3) is 6.30. The molecule has 0 aliphatic carbocycles. The molecule has 0 saturated heterocycles. The van der Waals surface area contributed by atoms with Gasteiger partial charge in [0.1, 0.15) is 0 Å². The predicted octanol–water partition coefficient (Wildman–Crippen LogP) is 11.5. The van der Waals surface area contributed by atoms with Crippen molar-refractivity contribution in [1.29, 1.82) is 0 Å². The van der Waals surface area contributed by atoms with Gasteiger partial charge in [0.05, 0.1) is 22.3 Å². The molecule has 6 aromatic carbocycles. The zero-order valence-electron chi connectivity index (χ0n) is 25.2. The first-order valence-corrected chi connectivity index (χ1v) is 14.5. The second-order valence-corrected chi connectivity index (χ2v) is 11.6. The van der Waals surface area contributed by atoms with Crippen LogP contribution in [0.25, 0.3) is 57.0 Å². The van der Waals surface area contributed by atoms with Crippen LogP contribution in [0.4, 0.5) is 52.7 Å². The van der Waals surface area contributed by atoms with Gasteiger partial charge in [-0.15, -0.1) is 0 Å². The van der Waals surface area contributed by atoms with Gasteiger partial charge in [0.25, 0.3) is 0 Å². The molecule has 0 aliphatic heterocycles. The molecular formula is C38H20F12. The van der Waals surface area contributed by atoms with Gasteiger partial charge in [0, 0.05) is 0 Å². The van der Waals surface area contributed by atoms with E-state index in [0.29, 0.717) is 45.8 Å². The quantitative estimate of drug-likeness (QED) is 0.157. The monoisotopic (exact) mass is 704 g/mol. The van der Waals surface area contributed by atoms with Crippen molar-refractivity contribution < 1.29 is 52.7 Å². The van der Waals surface area contributed by atoms with Crippen molar-refractivity contribution in [2.45, 2.75) is 24.7 Å². The minimum atomic E-state index is -5.15. The van der Waals surface area contributed by atoms with Crippen molar-refractivity contribution in [3.63, 3.8) is 0 Å². The van der Waals surface area contributed by atoms with E-state index in [1.807, 2.05) is 0 Å². The molecule has 0 saturated carbocycles. The summed E-state index contributed by atoms with van der Waals surface area (Å²) in [6, 6.07) is 17.6. The summed E-state index contributed by atoms with van der Waals surface area (Å²) in [5.74, 6) is 0. The molecule has 50 heavy (non-hydrogen) atoms. The van der Waals surface area contributed by atoms with E-state index in [1.54, 1.807) is 48.5 Å². The Kier molecular flexibility index (Phi) is 8.08. The molecule has 0 spiro atoms. The highest BCUT2D eigenvalue weighted by Crippen LogP contribution is 2.40. The van der Waals surface area contributed by atoms with Crippen LogP contribution in [-0.2, 0) is 24.7 Å². The van der Waals surface area contributed by atoms with Crippen LogP contribution in [0.5, 0.6) is 0 Å². The van der Waals surface area contributed by atoms with Crippen LogP contribution >= 0.6 is 0 Å². The van der Waals surface area contributed by atoms with Gasteiger partial charge in [-0.3, -0.25) is 0 Å². The van der Waals surface area contributed by atoms with Crippen LogP contribution < -0.4 is 10.4 Å². The van der Waals surface area contributed by atoms with Crippen LogP contribution in [-0.4, -0.2) is 0 Å². The fourth-order valence-electron chi connectivity index (χ4n) is 6.09. The summed E-state index contributed by atoms with van der Waals surface area (Å²) in [7, 11) is 0. The molecule has 0 amide bonds. The van der Waals surface area contributed by atoms with Gasteiger partial charge in [0.2, 0.25) is 0 Å². The van der Waals surface area contributed by atoms with E-state index in [9.17, 15) is 52.7 Å². The summed E-state index contributed by atoms with van der Waals surface area (Å²) in [4.78, 5) is 0. The summed E-state index contributed by atoms with van der Waals surface area (Å²) in [6.07, 6.45) is -20.6. The Hall–Kier alpha value is -5.26. The number of alkyl halides is 12. The molecule has 6 rings (SSSR count). The number of hydrogen-bond donors (Lipinski definition) is 0. The summed E-state index contributed by atoms with van der Waals surface area (Å²) < 4.78 is 166. The van der Waals surface area contributed by atoms with E-state index in [1.165, 1.54) is 12.1 Å². The van der Waals surface area contributed by atoms with Crippen molar-refractivity contribution >= 4 is 34.7 Å². The highest BCUT2D eigenvalue weighted by molar-refractivity contribution is 5.93. The molecule has 0 aromatic heterocycles. The Morgan fingerprint density at radius 2 is 0.640 bits per heavy atom. The highest BCUT2D eigenvalue weighted by atomic mass is 19.4. The summed E-state index contributed by atoms with van der Waals surface area (Å²) >= 11 is 0. The molecule has 0 aliphatic rings. The Labute approximate surface area is 274 Å². The van der Waals surface area contributed by atoms with Crippen molar-refractivity contribution in [2.75, 3.05) is 0 Å². The van der Waals surface area contributed by atoms with Crippen LogP contribution in [0.15, 0.2) is 97.1 Å². The first kappa shape index (κ1) is 34.6. The van der Waals surface area contributed by atoms with Gasteiger partial charge >= 0.3 is 24.7 Å². The number of benzene rings is 6. The number of halogens is 12. The van der Waals surface area contributed by atoms with Crippen LogP contribution in [0.2, 0.25) is 0 Å². The van der Waals surface area contributed by atoms with E-state index in [2.05, 4.69) is 13.2 Å². The zero-order valence-corrected chi connectivity index (χ0v) is 25.2. The van der Waals surface area contributed by atoms with Crippen molar-refractivity contribution in [3.05, 3.63) is 140 Å². The van der Waals surface area contributed by atoms with Crippen molar-refractivity contribution in [2.24, 2.45) is 0 Å². The second kappa shape index (κ2) is 11.7.